The summed E-state index contributed by atoms with van der Waals surface area (Å²) >= 11 is 0. The number of nitrogens with zero attached hydrogens (tertiary/aromatic N) is 2. The Bertz CT molecular complexity index is 526. The maximum atomic E-state index is 4.27. The molecule has 3 nitrogen and oxygen atoms in total. The largest absolute Gasteiger partial charge is 0.325 e. The van der Waals surface area contributed by atoms with Crippen molar-refractivity contribution in [1.29, 1.82) is 0 Å². The van der Waals surface area contributed by atoms with E-state index in [1.807, 2.05) is 12.4 Å². The van der Waals surface area contributed by atoms with Crippen molar-refractivity contribution in [3.8, 4) is 0 Å². The Kier molecular flexibility index (Phi) is 1.63. The fourth-order valence-electron chi connectivity index (χ4n) is 2.22. The van der Waals surface area contributed by atoms with E-state index in [0.717, 1.165) is 12.5 Å². The van der Waals surface area contributed by atoms with Crippen LogP contribution in [-0.2, 0) is 6.54 Å². The first kappa shape index (κ1) is 8.53. The fourth-order valence-corrected chi connectivity index (χ4v) is 2.22. The number of aromatic nitrogens is 2. The number of anilines is 2. The highest BCUT2D eigenvalue weighted by atomic mass is 15.2. The molecule has 0 radical (unpaired) electrons. The van der Waals surface area contributed by atoms with E-state index < -0.39 is 0 Å². The van der Waals surface area contributed by atoms with E-state index in [1.165, 1.54) is 22.4 Å². The van der Waals surface area contributed by atoms with Crippen molar-refractivity contribution in [1.82, 2.24) is 9.55 Å². The Hall–Kier alpha value is -1.77. The van der Waals surface area contributed by atoms with E-state index in [9.17, 15) is 0 Å². The number of hydrogen-bond donors (Lipinski definition) is 1. The SMILES string of the molecule is Cc1cc(C)c2c(c1)Cn1ccnc1N2. The molecule has 0 saturated carbocycles. The molecule has 0 amide bonds. The third-order valence-electron chi connectivity index (χ3n) is 2.85. The molecule has 3 rings (SSSR count). The highest BCUT2D eigenvalue weighted by Gasteiger charge is 2.16. The van der Waals surface area contributed by atoms with Gasteiger partial charge in [-0.1, -0.05) is 17.7 Å². The van der Waals surface area contributed by atoms with Crippen LogP contribution in [0.2, 0.25) is 0 Å². The average molecular weight is 199 g/mol. The quantitative estimate of drug-likeness (QED) is 0.603. The molecule has 1 aromatic carbocycles. The summed E-state index contributed by atoms with van der Waals surface area (Å²) in [6, 6.07) is 4.43. The maximum absolute atomic E-state index is 4.27. The molecule has 1 aliphatic rings. The minimum Gasteiger partial charge on any atom is -0.325 e. The van der Waals surface area contributed by atoms with Crippen molar-refractivity contribution in [2.75, 3.05) is 5.32 Å². The lowest BCUT2D eigenvalue weighted by atomic mass is 10.0. The van der Waals surface area contributed by atoms with Crippen molar-refractivity contribution in [3.63, 3.8) is 0 Å². The van der Waals surface area contributed by atoms with Crippen LogP contribution < -0.4 is 5.32 Å². The van der Waals surface area contributed by atoms with Crippen molar-refractivity contribution >= 4 is 11.6 Å². The van der Waals surface area contributed by atoms with Crippen molar-refractivity contribution in [2.24, 2.45) is 0 Å². The van der Waals surface area contributed by atoms with E-state index in [2.05, 4.69) is 40.8 Å². The molecule has 1 aromatic heterocycles. The topological polar surface area (TPSA) is 29.9 Å². The number of rotatable bonds is 0. The lowest BCUT2D eigenvalue weighted by molar-refractivity contribution is 0.789. The minimum absolute atomic E-state index is 0.917. The summed E-state index contributed by atoms with van der Waals surface area (Å²) in [4.78, 5) is 4.27. The van der Waals surface area contributed by atoms with Gasteiger partial charge in [-0.05, 0) is 25.0 Å². The van der Waals surface area contributed by atoms with Crippen LogP contribution >= 0.6 is 0 Å². The van der Waals surface area contributed by atoms with Gasteiger partial charge in [-0.3, -0.25) is 0 Å². The second-order valence-corrected chi connectivity index (χ2v) is 4.12. The smallest absolute Gasteiger partial charge is 0.207 e. The van der Waals surface area contributed by atoms with Gasteiger partial charge < -0.3 is 9.88 Å². The van der Waals surface area contributed by atoms with Crippen LogP contribution in [0.4, 0.5) is 11.6 Å². The standard InChI is InChI=1S/C12H13N3/c1-8-5-9(2)11-10(6-8)7-15-4-3-13-12(15)14-11/h3-6H,7H2,1-2H3,(H,13,14). The number of aryl methyl sites for hydroxylation is 2. The Labute approximate surface area is 88.8 Å². The van der Waals surface area contributed by atoms with Crippen molar-refractivity contribution < 1.29 is 0 Å². The summed E-state index contributed by atoms with van der Waals surface area (Å²) < 4.78 is 2.13. The summed E-state index contributed by atoms with van der Waals surface area (Å²) in [5.74, 6) is 0.939. The predicted molar refractivity (Wildman–Crippen MR) is 60.5 cm³/mol. The van der Waals surface area contributed by atoms with E-state index in [-0.39, 0.29) is 0 Å². The van der Waals surface area contributed by atoms with Gasteiger partial charge in [0.15, 0.2) is 0 Å². The van der Waals surface area contributed by atoms with Gasteiger partial charge in [-0.25, -0.2) is 4.98 Å². The molecule has 76 valence electrons. The molecule has 0 spiro atoms. The first-order valence-corrected chi connectivity index (χ1v) is 5.12. The van der Waals surface area contributed by atoms with Crippen LogP contribution in [-0.4, -0.2) is 9.55 Å². The second kappa shape index (κ2) is 2.86. The molecule has 0 bridgehead atoms. The van der Waals surface area contributed by atoms with Crippen molar-refractivity contribution in [3.05, 3.63) is 41.2 Å². The van der Waals surface area contributed by atoms with Gasteiger partial charge in [0, 0.05) is 18.1 Å². The van der Waals surface area contributed by atoms with E-state index >= 15 is 0 Å². The van der Waals surface area contributed by atoms with Gasteiger partial charge in [-0.15, -0.1) is 0 Å². The Morgan fingerprint density at radius 1 is 1.33 bits per heavy atom. The summed E-state index contributed by atoms with van der Waals surface area (Å²) in [6.45, 7) is 5.19. The number of imidazole rings is 1. The molecule has 2 heterocycles. The van der Waals surface area contributed by atoms with Gasteiger partial charge in [0.05, 0.1) is 6.54 Å². The highest BCUT2D eigenvalue weighted by Crippen LogP contribution is 2.30. The molecular weight excluding hydrogens is 186 g/mol. The Morgan fingerprint density at radius 2 is 2.20 bits per heavy atom. The molecule has 2 aromatic rings. The second-order valence-electron chi connectivity index (χ2n) is 4.12. The monoisotopic (exact) mass is 199 g/mol. The molecule has 3 heteroatoms. The van der Waals surface area contributed by atoms with Crippen LogP contribution in [0.1, 0.15) is 16.7 Å². The van der Waals surface area contributed by atoms with Gasteiger partial charge in [-0.2, -0.15) is 0 Å². The van der Waals surface area contributed by atoms with Gasteiger partial charge >= 0.3 is 0 Å². The lowest BCUT2D eigenvalue weighted by Gasteiger charge is -2.22. The molecule has 0 aliphatic carbocycles. The molecule has 0 fully saturated rings. The number of nitrogens with one attached hydrogen (secondary N) is 1. The zero-order valence-corrected chi connectivity index (χ0v) is 8.91. The third kappa shape index (κ3) is 1.23. The van der Waals surface area contributed by atoms with Gasteiger partial charge in [0.1, 0.15) is 0 Å². The molecule has 0 unspecified atom stereocenters. The van der Waals surface area contributed by atoms with Crippen LogP contribution in [0.3, 0.4) is 0 Å². The molecule has 0 saturated heterocycles. The zero-order valence-electron chi connectivity index (χ0n) is 8.91. The zero-order chi connectivity index (χ0) is 10.4. The van der Waals surface area contributed by atoms with Crippen LogP contribution in [0, 0.1) is 13.8 Å². The Balaban J connectivity index is 2.17. The van der Waals surface area contributed by atoms with Crippen LogP contribution in [0.5, 0.6) is 0 Å². The summed E-state index contributed by atoms with van der Waals surface area (Å²) in [5.41, 5.74) is 5.17. The summed E-state index contributed by atoms with van der Waals surface area (Å²) in [6.07, 6.45) is 3.83. The summed E-state index contributed by atoms with van der Waals surface area (Å²) in [7, 11) is 0. The highest BCUT2D eigenvalue weighted by molar-refractivity contribution is 5.66. The molecule has 15 heavy (non-hydrogen) atoms. The lowest BCUT2D eigenvalue weighted by Crippen LogP contribution is -2.13. The van der Waals surface area contributed by atoms with Gasteiger partial charge in [0.25, 0.3) is 0 Å². The number of fused-ring (bicyclic) bond motifs is 2. The average Bonchev–Trinajstić information content (AvgIpc) is 2.61. The fraction of sp³-hybridized carbons (Fsp3) is 0.250. The maximum Gasteiger partial charge on any atom is 0.207 e. The number of hydrogen-bond acceptors (Lipinski definition) is 2. The van der Waals surface area contributed by atoms with Gasteiger partial charge in [0.2, 0.25) is 5.95 Å². The first-order chi connectivity index (χ1) is 7.24. The van der Waals surface area contributed by atoms with E-state index in [0.29, 0.717) is 0 Å². The van der Waals surface area contributed by atoms with E-state index in [4.69, 9.17) is 0 Å². The Morgan fingerprint density at radius 3 is 3.07 bits per heavy atom. The minimum atomic E-state index is 0.917. The molecular formula is C12H13N3. The van der Waals surface area contributed by atoms with Crippen molar-refractivity contribution in [2.45, 2.75) is 20.4 Å². The summed E-state index contributed by atoms with van der Waals surface area (Å²) in [5, 5.41) is 3.37. The third-order valence-corrected chi connectivity index (χ3v) is 2.85. The normalized spacial score (nSPS) is 12.9. The van der Waals surface area contributed by atoms with E-state index in [1.54, 1.807) is 0 Å². The number of benzene rings is 1. The molecule has 1 N–H and O–H groups in total. The molecule has 1 aliphatic heterocycles. The first-order valence-electron chi connectivity index (χ1n) is 5.12. The van der Waals surface area contributed by atoms with Crippen LogP contribution in [0.15, 0.2) is 24.5 Å². The van der Waals surface area contributed by atoms with Crippen LogP contribution in [0.25, 0.3) is 0 Å². The predicted octanol–water partition coefficient (Wildman–Crippen LogP) is 2.61. The molecule has 0 atom stereocenters.